The molecule has 1 unspecified atom stereocenters. The zero-order valence-electron chi connectivity index (χ0n) is 8.84. The molecule has 5 heteroatoms. The number of hydrogen-bond donors (Lipinski definition) is 1. The standard InChI is InChI=1S/C10H15NO2S.ClH/c1-3-9(10(12)13)11(2)7-8-5-4-6-14-8;/h4-6,9H,3,7H2,1-2H3,(H,12,13);1H. The van der Waals surface area contributed by atoms with Crippen LogP contribution in [0.25, 0.3) is 0 Å². The number of hydrogen-bond acceptors (Lipinski definition) is 3. The summed E-state index contributed by atoms with van der Waals surface area (Å²) in [5.41, 5.74) is 0. The number of thiophene rings is 1. The van der Waals surface area contributed by atoms with Crippen molar-refractivity contribution >= 4 is 29.7 Å². The number of carbonyl (C=O) groups is 1. The average molecular weight is 250 g/mol. The summed E-state index contributed by atoms with van der Waals surface area (Å²) in [7, 11) is 1.85. The number of aliphatic carboxylic acids is 1. The van der Waals surface area contributed by atoms with Crippen LogP contribution in [0.2, 0.25) is 0 Å². The SMILES string of the molecule is CCC(C(=O)O)N(C)Cc1cccs1.Cl. The highest BCUT2D eigenvalue weighted by atomic mass is 35.5. The van der Waals surface area contributed by atoms with Gasteiger partial charge in [-0.3, -0.25) is 9.69 Å². The summed E-state index contributed by atoms with van der Waals surface area (Å²) >= 11 is 1.66. The van der Waals surface area contributed by atoms with Crippen molar-refractivity contribution in [2.24, 2.45) is 0 Å². The highest BCUT2D eigenvalue weighted by Gasteiger charge is 2.20. The van der Waals surface area contributed by atoms with Gasteiger partial charge in [0.05, 0.1) is 0 Å². The third kappa shape index (κ3) is 4.20. The third-order valence-electron chi connectivity index (χ3n) is 2.19. The van der Waals surface area contributed by atoms with Crippen LogP contribution in [0.3, 0.4) is 0 Å². The van der Waals surface area contributed by atoms with Crippen LogP contribution in [-0.4, -0.2) is 29.1 Å². The number of rotatable bonds is 5. The maximum atomic E-state index is 10.9. The molecule has 0 bridgehead atoms. The first kappa shape index (κ1) is 14.4. The first-order valence-corrected chi connectivity index (χ1v) is 5.48. The van der Waals surface area contributed by atoms with Crippen molar-refractivity contribution < 1.29 is 9.90 Å². The largest absolute Gasteiger partial charge is 0.480 e. The van der Waals surface area contributed by atoms with E-state index < -0.39 is 5.97 Å². The van der Waals surface area contributed by atoms with Crippen molar-refractivity contribution in [3.63, 3.8) is 0 Å². The van der Waals surface area contributed by atoms with Crippen LogP contribution in [0, 0.1) is 0 Å². The van der Waals surface area contributed by atoms with E-state index in [1.165, 1.54) is 4.88 Å². The maximum absolute atomic E-state index is 10.9. The molecular formula is C10H16ClNO2S. The summed E-state index contributed by atoms with van der Waals surface area (Å²) in [4.78, 5) is 13.9. The van der Waals surface area contributed by atoms with Crippen LogP contribution in [-0.2, 0) is 11.3 Å². The predicted molar refractivity (Wildman–Crippen MR) is 64.7 cm³/mol. The molecule has 0 aliphatic heterocycles. The van der Waals surface area contributed by atoms with Gasteiger partial charge in [0.15, 0.2) is 0 Å². The Morgan fingerprint density at radius 3 is 2.73 bits per heavy atom. The maximum Gasteiger partial charge on any atom is 0.320 e. The molecule has 1 aromatic rings. The highest BCUT2D eigenvalue weighted by molar-refractivity contribution is 7.09. The Kier molecular flexibility index (Phi) is 6.56. The first-order chi connectivity index (χ1) is 6.65. The van der Waals surface area contributed by atoms with Crippen molar-refractivity contribution in [3.05, 3.63) is 22.4 Å². The fourth-order valence-electron chi connectivity index (χ4n) is 1.43. The van der Waals surface area contributed by atoms with E-state index >= 15 is 0 Å². The van der Waals surface area contributed by atoms with E-state index in [0.29, 0.717) is 13.0 Å². The molecule has 15 heavy (non-hydrogen) atoms. The Balaban J connectivity index is 0.00000196. The molecule has 0 spiro atoms. The lowest BCUT2D eigenvalue weighted by Gasteiger charge is -2.22. The third-order valence-corrected chi connectivity index (χ3v) is 3.05. The normalized spacial score (nSPS) is 12.2. The van der Waals surface area contributed by atoms with Gasteiger partial charge in [-0.1, -0.05) is 13.0 Å². The van der Waals surface area contributed by atoms with Crippen molar-refractivity contribution in [1.29, 1.82) is 0 Å². The molecule has 0 amide bonds. The summed E-state index contributed by atoms with van der Waals surface area (Å²) < 4.78 is 0. The predicted octanol–water partition coefficient (Wildman–Crippen LogP) is 2.46. The van der Waals surface area contributed by atoms with Gasteiger partial charge in [0.1, 0.15) is 6.04 Å². The summed E-state index contributed by atoms with van der Waals surface area (Å²) in [5, 5.41) is 10.9. The molecule has 1 heterocycles. The van der Waals surface area contributed by atoms with Crippen molar-refractivity contribution in [3.8, 4) is 0 Å². The van der Waals surface area contributed by atoms with Gasteiger partial charge in [0, 0.05) is 11.4 Å². The molecule has 0 fully saturated rings. The molecule has 0 saturated carbocycles. The molecule has 1 atom stereocenters. The summed E-state index contributed by atoms with van der Waals surface area (Å²) in [6.45, 7) is 2.60. The van der Waals surface area contributed by atoms with Crippen molar-refractivity contribution in [2.45, 2.75) is 25.9 Å². The minimum Gasteiger partial charge on any atom is -0.480 e. The fourth-order valence-corrected chi connectivity index (χ4v) is 2.20. The first-order valence-electron chi connectivity index (χ1n) is 4.60. The number of nitrogens with zero attached hydrogens (tertiary/aromatic N) is 1. The molecule has 0 aromatic carbocycles. The molecule has 86 valence electrons. The van der Waals surface area contributed by atoms with Crippen LogP contribution in [0.4, 0.5) is 0 Å². The van der Waals surface area contributed by atoms with Gasteiger partial charge in [-0.2, -0.15) is 0 Å². The van der Waals surface area contributed by atoms with Gasteiger partial charge in [-0.15, -0.1) is 23.7 Å². The quantitative estimate of drug-likeness (QED) is 0.872. The van der Waals surface area contributed by atoms with E-state index in [4.69, 9.17) is 5.11 Å². The van der Waals surface area contributed by atoms with E-state index in [2.05, 4.69) is 0 Å². The molecule has 1 rings (SSSR count). The molecule has 1 N–H and O–H groups in total. The van der Waals surface area contributed by atoms with Crippen LogP contribution >= 0.6 is 23.7 Å². The van der Waals surface area contributed by atoms with Crippen LogP contribution in [0.5, 0.6) is 0 Å². The summed E-state index contributed by atoms with van der Waals surface area (Å²) in [6.07, 6.45) is 0.636. The molecule has 3 nitrogen and oxygen atoms in total. The molecule has 0 aliphatic rings. The summed E-state index contributed by atoms with van der Waals surface area (Å²) in [5.74, 6) is -0.744. The highest BCUT2D eigenvalue weighted by Crippen LogP contribution is 2.13. The average Bonchev–Trinajstić information content (AvgIpc) is 2.57. The van der Waals surface area contributed by atoms with Crippen LogP contribution in [0.15, 0.2) is 17.5 Å². The Morgan fingerprint density at radius 1 is 1.67 bits per heavy atom. The fraction of sp³-hybridized carbons (Fsp3) is 0.500. The minimum absolute atomic E-state index is 0. The number of halogens is 1. The van der Waals surface area contributed by atoms with Gasteiger partial charge < -0.3 is 5.11 Å². The van der Waals surface area contributed by atoms with Crippen molar-refractivity contribution in [1.82, 2.24) is 4.90 Å². The second-order valence-corrected chi connectivity index (χ2v) is 4.29. The Labute approximate surface area is 100 Å². The van der Waals surface area contributed by atoms with E-state index in [0.717, 1.165) is 0 Å². The van der Waals surface area contributed by atoms with Crippen molar-refractivity contribution in [2.75, 3.05) is 7.05 Å². The minimum atomic E-state index is -0.744. The molecule has 1 aromatic heterocycles. The van der Waals surface area contributed by atoms with Crippen LogP contribution < -0.4 is 0 Å². The lowest BCUT2D eigenvalue weighted by atomic mass is 10.2. The van der Waals surface area contributed by atoms with Gasteiger partial charge in [0.25, 0.3) is 0 Å². The van der Waals surface area contributed by atoms with Gasteiger partial charge in [-0.05, 0) is 24.9 Å². The number of carboxylic acid groups (broad SMARTS) is 1. The lowest BCUT2D eigenvalue weighted by molar-refractivity contribution is -0.143. The van der Waals surface area contributed by atoms with E-state index in [1.807, 2.05) is 36.4 Å². The number of likely N-dealkylation sites (N-methyl/N-ethyl adjacent to an activating group) is 1. The monoisotopic (exact) mass is 249 g/mol. The van der Waals surface area contributed by atoms with Gasteiger partial charge in [0.2, 0.25) is 0 Å². The smallest absolute Gasteiger partial charge is 0.320 e. The second-order valence-electron chi connectivity index (χ2n) is 3.26. The van der Waals surface area contributed by atoms with E-state index in [1.54, 1.807) is 11.3 Å². The topological polar surface area (TPSA) is 40.5 Å². The Hall–Kier alpha value is -0.580. The van der Waals surface area contributed by atoms with E-state index in [-0.39, 0.29) is 18.4 Å². The van der Waals surface area contributed by atoms with E-state index in [9.17, 15) is 4.79 Å². The van der Waals surface area contributed by atoms with Crippen LogP contribution in [0.1, 0.15) is 18.2 Å². The lowest BCUT2D eigenvalue weighted by Crippen LogP contribution is -2.37. The molecule has 0 aliphatic carbocycles. The Morgan fingerprint density at radius 2 is 2.33 bits per heavy atom. The second kappa shape index (κ2) is 6.82. The zero-order chi connectivity index (χ0) is 10.6. The molecular weight excluding hydrogens is 234 g/mol. The van der Waals surface area contributed by atoms with Gasteiger partial charge in [-0.25, -0.2) is 0 Å². The molecule has 0 radical (unpaired) electrons. The van der Waals surface area contributed by atoms with Gasteiger partial charge >= 0.3 is 5.97 Å². The Bertz CT molecular complexity index is 290. The molecule has 0 saturated heterocycles. The summed E-state index contributed by atoms with van der Waals surface area (Å²) in [6, 6.07) is 3.63. The number of carboxylic acids is 1. The zero-order valence-corrected chi connectivity index (χ0v) is 10.5.